The Balaban J connectivity index is 2.20. The van der Waals surface area contributed by atoms with Crippen LogP contribution in [0.1, 0.15) is 49.7 Å². The Morgan fingerprint density at radius 2 is 2.00 bits per heavy atom. The van der Waals surface area contributed by atoms with Crippen molar-refractivity contribution >= 4 is 5.69 Å². The molecule has 0 aromatic heterocycles. The number of anilines is 1. The predicted molar refractivity (Wildman–Crippen MR) is 66.0 cm³/mol. The van der Waals surface area contributed by atoms with E-state index in [-0.39, 0.29) is 0 Å². The first-order valence-electron chi connectivity index (χ1n) is 6.02. The average molecular weight is 203 g/mol. The third kappa shape index (κ3) is 2.53. The van der Waals surface area contributed by atoms with Crippen LogP contribution in [0.15, 0.2) is 18.2 Å². The molecule has 15 heavy (non-hydrogen) atoms. The zero-order valence-electron chi connectivity index (χ0n) is 9.79. The Labute approximate surface area is 92.7 Å². The van der Waals surface area contributed by atoms with Gasteiger partial charge in [-0.25, -0.2) is 0 Å². The monoisotopic (exact) mass is 203 g/mol. The summed E-state index contributed by atoms with van der Waals surface area (Å²) in [5, 5.41) is 0. The summed E-state index contributed by atoms with van der Waals surface area (Å²) < 4.78 is 0. The lowest BCUT2D eigenvalue weighted by Crippen LogP contribution is -2.12. The maximum absolute atomic E-state index is 5.90. The van der Waals surface area contributed by atoms with E-state index in [1.165, 1.54) is 36.8 Å². The highest BCUT2D eigenvalue weighted by Crippen LogP contribution is 2.36. The van der Waals surface area contributed by atoms with Crippen LogP contribution in [0.25, 0.3) is 0 Å². The second-order valence-corrected chi connectivity index (χ2v) is 5.15. The minimum Gasteiger partial charge on any atom is -0.399 e. The molecule has 1 aromatic carbocycles. The topological polar surface area (TPSA) is 26.0 Å². The first-order valence-corrected chi connectivity index (χ1v) is 6.02. The molecular formula is C14H21N. The first kappa shape index (κ1) is 10.5. The Bertz CT molecular complexity index is 323. The third-order valence-corrected chi connectivity index (χ3v) is 3.53. The van der Waals surface area contributed by atoms with Gasteiger partial charge in [-0.3, -0.25) is 0 Å². The van der Waals surface area contributed by atoms with Gasteiger partial charge in [-0.2, -0.15) is 0 Å². The van der Waals surface area contributed by atoms with Crippen LogP contribution in [0.3, 0.4) is 0 Å². The van der Waals surface area contributed by atoms with E-state index in [0.717, 1.165) is 17.5 Å². The Morgan fingerprint density at radius 1 is 1.20 bits per heavy atom. The highest BCUT2D eigenvalue weighted by atomic mass is 14.5. The second-order valence-electron chi connectivity index (χ2n) is 5.15. The fourth-order valence-corrected chi connectivity index (χ4v) is 2.82. The van der Waals surface area contributed by atoms with Crippen LogP contribution in [0.5, 0.6) is 0 Å². The largest absolute Gasteiger partial charge is 0.399 e. The molecule has 0 radical (unpaired) electrons. The lowest BCUT2D eigenvalue weighted by atomic mass is 9.78. The van der Waals surface area contributed by atoms with Crippen molar-refractivity contribution in [1.29, 1.82) is 0 Å². The van der Waals surface area contributed by atoms with Gasteiger partial charge in [-0.1, -0.05) is 25.8 Å². The number of rotatable bonds is 1. The number of benzene rings is 1. The van der Waals surface area contributed by atoms with Crippen molar-refractivity contribution in [3.63, 3.8) is 0 Å². The highest BCUT2D eigenvalue weighted by molar-refractivity contribution is 5.45. The molecule has 1 aromatic rings. The van der Waals surface area contributed by atoms with Crippen molar-refractivity contribution in [3.8, 4) is 0 Å². The summed E-state index contributed by atoms with van der Waals surface area (Å²) in [5.74, 6) is 1.63. The molecule has 0 aliphatic heterocycles. The number of hydrogen-bond acceptors (Lipinski definition) is 1. The molecule has 0 unspecified atom stereocenters. The van der Waals surface area contributed by atoms with Gasteiger partial charge in [0.15, 0.2) is 0 Å². The van der Waals surface area contributed by atoms with Crippen LogP contribution in [-0.2, 0) is 0 Å². The summed E-state index contributed by atoms with van der Waals surface area (Å²) in [6.07, 6.45) is 5.45. The summed E-state index contributed by atoms with van der Waals surface area (Å²) >= 11 is 0. The zero-order chi connectivity index (χ0) is 10.8. The average Bonchev–Trinajstić information content (AvgIpc) is 2.16. The number of hydrogen-bond donors (Lipinski definition) is 1. The lowest BCUT2D eigenvalue weighted by molar-refractivity contribution is 0.344. The highest BCUT2D eigenvalue weighted by Gasteiger charge is 2.20. The van der Waals surface area contributed by atoms with Gasteiger partial charge in [0.1, 0.15) is 0 Å². The maximum atomic E-state index is 5.90. The van der Waals surface area contributed by atoms with Gasteiger partial charge in [0.25, 0.3) is 0 Å². The van der Waals surface area contributed by atoms with E-state index < -0.39 is 0 Å². The number of nitrogen functional groups attached to an aromatic ring is 1. The fourth-order valence-electron chi connectivity index (χ4n) is 2.82. The SMILES string of the molecule is Cc1cc(N)cc([C@H]2CCC[C@H](C)C2)c1. The van der Waals surface area contributed by atoms with E-state index in [1.807, 2.05) is 0 Å². The van der Waals surface area contributed by atoms with E-state index >= 15 is 0 Å². The van der Waals surface area contributed by atoms with Gasteiger partial charge >= 0.3 is 0 Å². The van der Waals surface area contributed by atoms with E-state index in [9.17, 15) is 0 Å². The van der Waals surface area contributed by atoms with Crippen LogP contribution in [0.2, 0.25) is 0 Å². The molecule has 1 saturated carbocycles. The minimum atomic E-state index is 0.746. The van der Waals surface area contributed by atoms with E-state index in [0.29, 0.717) is 0 Å². The zero-order valence-corrected chi connectivity index (χ0v) is 9.79. The molecule has 82 valence electrons. The van der Waals surface area contributed by atoms with Crippen LogP contribution < -0.4 is 5.73 Å². The van der Waals surface area contributed by atoms with Crippen molar-refractivity contribution in [1.82, 2.24) is 0 Å². The fraction of sp³-hybridized carbons (Fsp3) is 0.571. The van der Waals surface area contributed by atoms with Crippen molar-refractivity contribution in [2.45, 2.75) is 45.4 Å². The van der Waals surface area contributed by atoms with Gasteiger partial charge in [0.2, 0.25) is 0 Å². The molecule has 0 amide bonds. The number of aryl methyl sites for hydroxylation is 1. The number of nitrogens with two attached hydrogens (primary N) is 1. The van der Waals surface area contributed by atoms with E-state index in [4.69, 9.17) is 5.73 Å². The molecule has 0 bridgehead atoms. The summed E-state index contributed by atoms with van der Waals surface area (Å²) in [6, 6.07) is 6.52. The maximum Gasteiger partial charge on any atom is 0.0319 e. The molecule has 1 aliphatic carbocycles. The molecule has 2 atom stereocenters. The third-order valence-electron chi connectivity index (χ3n) is 3.53. The predicted octanol–water partition coefficient (Wildman–Crippen LogP) is 3.87. The summed E-state index contributed by atoms with van der Waals surface area (Å²) in [6.45, 7) is 4.50. The van der Waals surface area contributed by atoms with Crippen molar-refractivity contribution in [3.05, 3.63) is 29.3 Å². The van der Waals surface area contributed by atoms with Gasteiger partial charge in [-0.05, 0) is 54.9 Å². The molecule has 0 saturated heterocycles. The molecule has 2 rings (SSSR count). The standard InChI is InChI=1S/C14H21N/c1-10-4-3-5-12(6-10)13-7-11(2)8-14(15)9-13/h7-10,12H,3-6,15H2,1-2H3/t10-,12-/m0/s1. The van der Waals surface area contributed by atoms with Crippen LogP contribution in [0, 0.1) is 12.8 Å². The van der Waals surface area contributed by atoms with Crippen LogP contribution >= 0.6 is 0 Å². The Hall–Kier alpha value is -0.980. The molecule has 2 N–H and O–H groups in total. The van der Waals surface area contributed by atoms with Gasteiger partial charge < -0.3 is 5.73 Å². The smallest absolute Gasteiger partial charge is 0.0319 e. The first-order chi connectivity index (χ1) is 7.15. The van der Waals surface area contributed by atoms with Gasteiger partial charge in [0.05, 0.1) is 0 Å². The van der Waals surface area contributed by atoms with Crippen LogP contribution in [0.4, 0.5) is 5.69 Å². The van der Waals surface area contributed by atoms with Crippen molar-refractivity contribution in [2.75, 3.05) is 5.73 Å². The van der Waals surface area contributed by atoms with Crippen LogP contribution in [-0.4, -0.2) is 0 Å². The molecule has 1 nitrogen and oxygen atoms in total. The quantitative estimate of drug-likeness (QED) is 0.689. The molecule has 1 fully saturated rings. The van der Waals surface area contributed by atoms with Gasteiger partial charge in [-0.15, -0.1) is 0 Å². The van der Waals surface area contributed by atoms with Crippen molar-refractivity contribution in [2.24, 2.45) is 5.92 Å². The van der Waals surface area contributed by atoms with E-state index in [1.54, 1.807) is 0 Å². The molecule has 0 heterocycles. The molecular weight excluding hydrogens is 182 g/mol. The second kappa shape index (κ2) is 4.26. The molecule has 0 spiro atoms. The lowest BCUT2D eigenvalue weighted by Gasteiger charge is -2.27. The van der Waals surface area contributed by atoms with Gasteiger partial charge in [0, 0.05) is 5.69 Å². The normalized spacial score (nSPS) is 26.5. The minimum absolute atomic E-state index is 0.746. The Kier molecular flexibility index (Phi) is 2.99. The summed E-state index contributed by atoms with van der Waals surface area (Å²) in [7, 11) is 0. The molecule has 1 aliphatic rings. The summed E-state index contributed by atoms with van der Waals surface area (Å²) in [4.78, 5) is 0. The van der Waals surface area contributed by atoms with Crippen molar-refractivity contribution < 1.29 is 0 Å². The Morgan fingerprint density at radius 3 is 2.67 bits per heavy atom. The van der Waals surface area contributed by atoms with E-state index in [2.05, 4.69) is 32.0 Å². The summed E-state index contributed by atoms with van der Waals surface area (Å²) in [5.41, 5.74) is 9.57. The molecule has 1 heteroatoms.